The lowest BCUT2D eigenvalue weighted by Gasteiger charge is -2.29. The molecule has 1 aliphatic carbocycles. The molecule has 3 rings (SSSR count). The minimum Gasteiger partial charge on any atom is -0.378 e. The average Bonchev–Trinajstić information content (AvgIpc) is 3.21. The molecule has 1 aromatic rings. The third-order valence-electron chi connectivity index (χ3n) is 5.66. The zero-order chi connectivity index (χ0) is 19.9. The Bertz CT molecular complexity index is 652. The number of anilines is 2. The van der Waals surface area contributed by atoms with E-state index in [9.17, 15) is 9.59 Å². The molecular formula is C21H32N4O3. The van der Waals surface area contributed by atoms with E-state index in [4.69, 9.17) is 4.74 Å². The molecule has 7 nitrogen and oxygen atoms in total. The van der Waals surface area contributed by atoms with E-state index in [1.54, 1.807) is 11.9 Å². The molecule has 2 aliphatic rings. The van der Waals surface area contributed by atoms with Crippen molar-refractivity contribution in [2.24, 2.45) is 0 Å². The summed E-state index contributed by atoms with van der Waals surface area (Å²) in [5, 5.41) is 6.01. The lowest BCUT2D eigenvalue weighted by Crippen LogP contribution is -2.48. The van der Waals surface area contributed by atoms with Crippen LogP contribution >= 0.6 is 0 Å². The van der Waals surface area contributed by atoms with Crippen LogP contribution < -0.4 is 15.5 Å². The van der Waals surface area contributed by atoms with E-state index in [0.717, 1.165) is 50.5 Å². The van der Waals surface area contributed by atoms with E-state index < -0.39 is 0 Å². The number of benzene rings is 1. The number of likely N-dealkylation sites (N-methyl/N-ethyl adjacent to an activating group) is 1. The van der Waals surface area contributed by atoms with Gasteiger partial charge < -0.3 is 20.3 Å². The molecule has 1 heterocycles. The summed E-state index contributed by atoms with van der Waals surface area (Å²) in [6.07, 6.45) is 4.48. The first-order valence-corrected chi connectivity index (χ1v) is 10.3. The lowest BCUT2D eigenvalue weighted by molar-refractivity contribution is -0.127. The fraction of sp³-hybridized carbons (Fsp3) is 0.619. The second kappa shape index (κ2) is 9.89. The zero-order valence-corrected chi connectivity index (χ0v) is 16.9. The van der Waals surface area contributed by atoms with E-state index in [1.807, 2.05) is 31.2 Å². The highest BCUT2D eigenvalue weighted by Crippen LogP contribution is 2.19. The quantitative estimate of drug-likeness (QED) is 0.746. The van der Waals surface area contributed by atoms with Crippen molar-refractivity contribution in [2.75, 3.05) is 50.1 Å². The van der Waals surface area contributed by atoms with Crippen molar-refractivity contribution in [3.05, 3.63) is 24.3 Å². The number of morpholine rings is 1. The number of nitrogens with one attached hydrogen (secondary N) is 2. The van der Waals surface area contributed by atoms with E-state index in [2.05, 4.69) is 15.5 Å². The maximum Gasteiger partial charge on any atom is 0.238 e. The average molecular weight is 389 g/mol. The van der Waals surface area contributed by atoms with Crippen LogP contribution in [0.15, 0.2) is 24.3 Å². The minimum atomic E-state index is -0.338. The summed E-state index contributed by atoms with van der Waals surface area (Å²) in [7, 11) is 1.81. The van der Waals surface area contributed by atoms with Crippen molar-refractivity contribution >= 4 is 23.2 Å². The maximum atomic E-state index is 12.4. The van der Waals surface area contributed by atoms with Crippen LogP contribution in [-0.2, 0) is 14.3 Å². The highest BCUT2D eigenvalue weighted by Gasteiger charge is 2.24. The van der Waals surface area contributed by atoms with Crippen molar-refractivity contribution < 1.29 is 14.3 Å². The van der Waals surface area contributed by atoms with E-state index in [1.165, 1.54) is 12.8 Å². The van der Waals surface area contributed by atoms with Crippen LogP contribution in [0.4, 0.5) is 11.4 Å². The summed E-state index contributed by atoms with van der Waals surface area (Å²) in [5.41, 5.74) is 1.90. The predicted octanol–water partition coefficient (Wildman–Crippen LogP) is 1.84. The number of hydrogen-bond acceptors (Lipinski definition) is 5. The second-order valence-electron chi connectivity index (χ2n) is 7.78. The van der Waals surface area contributed by atoms with E-state index in [0.29, 0.717) is 6.04 Å². The highest BCUT2D eigenvalue weighted by molar-refractivity contribution is 5.93. The van der Waals surface area contributed by atoms with E-state index >= 15 is 0 Å². The first-order chi connectivity index (χ1) is 13.5. The summed E-state index contributed by atoms with van der Waals surface area (Å²) in [6.45, 7) is 5.28. The minimum absolute atomic E-state index is 0.00272. The molecule has 2 fully saturated rings. The molecule has 7 heteroatoms. The maximum absolute atomic E-state index is 12.4. The van der Waals surface area contributed by atoms with Crippen LogP contribution in [0.5, 0.6) is 0 Å². The van der Waals surface area contributed by atoms with Gasteiger partial charge in [0.15, 0.2) is 0 Å². The van der Waals surface area contributed by atoms with Crippen LogP contribution in [0.25, 0.3) is 0 Å². The number of amides is 2. The lowest BCUT2D eigenvalue weighted by atomic mass is 10.2. The molecule has 1 unspecified atom stereocenters. The Morgan fingerprint density at radius 2 is 1.82 bits per heavy atom. The van der Waals surface area contributed by atoms with Crippen molar-refractivity contribution in [2.45, 2.75) is 44.7 Å². The molecule has 1 aromatic carbocycles. The van der Waals surface area contributed by atoms with E-state index in [-0.39, 0.29) is 24.4 Å². The van der Waals surface area contributed by atoms with Gasteiger partial charge in [0.05, 0.1) is 25.8 Å². The fourth-order valence-corrected chi connectivity index (χ4v) is 3.73. The molecule has 1 saturated heterocycles. The first-order valence-electron chi connectivity index (χ1n) is 10.3. The topological polar surface area (TPSA) is 73.9 Å². The van der Waals surface area contributed by atoms with Crippen LogP contribution in [0.3, 0.4) is 0 Å². The molecule has 154 valence electrons. The molecule has 0 radical (unpaired) electrons. The van der Waals surface area contributed by atoms with Gasteiger partial charge in [-0.2, -0.15) is 0 Å². The number of carbonyl (C=O) groups is 2. The van der Waals surface area contributed by atoms with Crippen molar-refractivity contribution in [3.8, 4) is 0 Å². The zero-order valence-electron chi connectivity index (χ0n) is 16.9. The number of carbonyl (C=O) groups excluding carboxylic acids is 2. The Balaban J connectivity index is 1.45. The van der Waals surface area contributed by atoms with Gasteiger partial charge in [0.25, 0.3) is 0 Å². The molecular weight excluding hydrogens is 356 g/mol. The number of ether oxygens (including phenoxy) is 1. The fourth-order valence-electron chi connectivity index (χ4n) is 3.73. The summed E-state index contributed by atoms with van der Waals surface area (Å²) in [4.78, 5) is 28.8. The largest absolute Gasteiger partial charge is 0.378 e. The summed E-state index contributed by atoms with van der Waals surface area (Å²) >= 11 is 0. The van der Waals surface area contributed by atoms with Gasteiger partial charge in [-0.3, -0.25) is 14.5 Å². The molecule has 2 N–H and O–H groups in total. The Morgan fingerprint density at radius 3 is 2.46 bits per heavy atom. The standard InChI is InChI=1S/C21H32N4O3/c1-16(21(27)23-17-5-3-4-6-17)24(2)15-20(26)22-18-7-9-19(10-8-18)25-11-13-28-14-12-25/h7-10,16-17H,3-6,11-15H2,1-2H3,(H,22,26)(H,23,27). The van der Waals surface area contributed by atoms with Crippen molar-refractivity contribution in [1.82, 2.24) is 10.2 Å². The first kappa shape index (κ1) is 20.6. The third-order valence-corrected chi connectivity index (χ3v) is 5.66. The van der Waals surface area contributed by atoms with Crippen molar-refractivity contribution in [3.63, 3.8) is 0 Å². The van der Waals surface area contributed by atoms with Gasteiger partial charge in [0.1, 0.15) is 0 Å². The number of hydrogen-bond donors (Lipinski definition) is 2. The van der Waals surface area contributed by atoms with Crippen LogP contribution in [-0.4, -0.2) is 68.7 Å². The Labute approximate surface area is 167 Å². The SMILES string of the molecule is CC(C(=O)NC1CCCC1)N(C)CC(=O)Nc1ccc(N2CCOCC2)cc1. The number of nitrogens with zero attached hydrogens (tertiary/aromatic N) is 2. The van der Waals surface area contributed by atoms with Crippen LogP contribution in [0, 0.1) is 0 Å². The Kier molecular flexibility index (Phi) is 7.28. The second-order valence-corrected chi connectivity index (χ2v) is 7.78. The highest BCUT2D eigenvalue weighted by atomic mass is 16.5. The summed E-state index contributed by atoms with van der Waals surface area (Å²) in [6, 6.07) is 7.82. The normalized spacial score (nSPS) is 18.9. The predicted molar refractivity (Wildman–Crippen MR) is 111 cm³/mol. The Hall–Kier alpha value is -2.12. The van der Waals surface area contributed by atoms with Gasteiger partial charge in [-0.1, -0.05) is 12.8 Å². The van der Waals surface area contributed by atoms with Gasteiger partial charge in [0.2, 0.25) is 11.8 Å². The summed E-state index contributed by atoms with van der Waals surface area (Å²) < 4.78 is 5.38. The molecule has 1 aliphatic heterocycles. The van der Waals surface area contributed by atoms with Crippen LogP contribution in [0.2, 0.25) is 0 Å². The molecule has 0 spiro atoms. The van der Waals surface area contributed by atoms with Gasteiger partial charge in [0, 0.05) is 30.5 Å². The van der Waals surface area contributed by atoms with Crippen LogP contribution in [0.1, 0.15) is 32.6 Å². The molecule has 2 amide bonds. The molecule has 0 aromatic heterocycles. The molecule has 28 heavy (non-hydrogen) atoms. The van der Waals surface area contributed by atoms with Gasteiger partial charge in [-0.05, 0) is 51.1 Å². The van der Waals surface area contributed by atoms with Gasteiger partial charge in [-0.25, -0.2) is 0 Å². The number of rotatable bonds is 7. The van der Waals surface area contributed by atoms with Crippen molar-refractivity contribution in [1.29, 1.82) is 0 Å². The molecule has 1 atom stereocenters. The Morgan fingerprint density at radius 1 is 1.18 bits per heavy atom. The smallest absolute Gasteiger partial charge is 0.238 e. The monoisotopic (exact) mass is 388 g/mol. The summed E-state index contributed by atoms with van der Waals surface area (Å²) in [5.74, 6) is -0.126. The molecule has 0 bridgehead atoms. The van der Waals surface area contributed by atoms with Gasteiger partial charge >= 0.3 is 0 Å². The molecule has 1 saturated carbocycles. The third kappa shape index (κ3) is 5.69. The van der Waals surface area contributed by atoms with Gasteiger partial charge in [-0.15, -0.1) is 0 Å².